The molecular formula is C19H19N3O5S. The highest BCUT2D eigenvalue weighted by Gasteiger charge is 2.18. The van der Waals surface area contributed by atoms with Crippen LogP contribution in [0.1, 0.15) is 25.0 Å². The van der Waals surface area contributed by atoms with Gasteiger partial charge in [-0.1, -0.05) is 13.0 Å². The minimum Gasteiger partial charge on any atom is -0.465 e. The lowest BCUT2D eigenvalue weighted by atomic mass is 10.3. The molecule has 0 aliphatic rings. The van der Waals surface area contributed by atoms with E-state index in [1.54, 1.807) is 12.1 Å². The SMILES string of the molecule is CCCN(Cc1nnc(-c2cccs2)o1)C(=O)COC(=O)/C=C/c1ccco1. The van der Waals surface area contributed by atoms with Crippen LogP contribution in [0.25, 0.3) is 16.8 Å². The smallest absolute Gasteiger partial charge is 0.331 e. The second-order valence-corrected chi connectivity index (χ2v) is 6.70. The number of furan rings is 1. The fourth-order valence-corrected chi connectivity index (χ4v) is 3.00. The number of aromatic nitrogens is 2. The minimum atomic E-state index is -0.626. The second-order valence-electron chi connectivity index (χ2n) is 5.75. The van der Waals surface area contributed by atoms with Crippen LogP contribution < -0.4 is 0 Å². The van der Waals surface area contributed by atoms with Crippen LogP contribution in [-0.4, -0.2) is 40.1 Å². The molecule has 0 N–H and O–H groups in total. The number of carbonyl (C=O) groups is 2. The van der Waals surface area contributed by atoms with Crippen molar-refractivity contribution in [1.82, 2.24) is 15.1 Å². The van der Waals surface area contributed by atoms with Crippen molar-refractivity contribution in [3.05, 3.63) is 53.6 Å². The number of hydrogen-bond donors (Lipinski definition) is 0. The molecular weight excluding hydrogens is 382 g/mol. The van der Waals surface area contributed by atoms with E-state index in [0.717, 1.165) is 11.3 Å². The molecule has 1 amide bonds. The molecule has 0 fully saturated rings. The van der Waals surface area contributed by atoms with E-state index >= 15 is 0 Å². The first-order chi connectivity index (χ1) is 13.7. The van der Waals surface area contributed by atoms with Crippen LogP contribution in [0, 0.1) is 0 Å². The third-order valence-corrected chi connectivity index (χ3v) is 4.49. The van der Waals surface area contributed by atoms with E-state index in [2.05, 4.69) is 10.2 Å². The fourth-order valence-electron chi connectivity index (χ4n) is 2.35. The zero-order chi connectivity index (χ0) is 19.8. The molecule has 0 aromatic carbocycles. The highest BCUT2D eigenvalue weighted by molar-refractivity contribution is 7.13. The van der Waals surface area contributed by atoms with E-state index in [4.69, 9.17) is 13.6 Å². The van der Waals surface area contributed by atoms with Crippen LogP contribution in [0.15, 0.2) is 50.8 Å². The zero-order valence-electron chi connectivity index (χ0n) is 15.2. The lowest BCUT2D eigenvalue weighted by Crippen LogP contribution is -2.34. The standard InChI is InChI=1S/C19H19N3O5S/c1-2-9-22(12-16-20-21-19(27-16)15-6-4-11-28-15)17(23)13-26-18(24)8-7-14-5-3-10-25-14/h3-8,10-11H,2,9,12-13H2,1H3/b8-7+. The van der Waals surface area contributed by atoms with Gasteiger partial charge >= 0.3 is 5.97 Å². The summed E-state index contributed by atoms with van der Waals surface area (Å²) in [5.41, 5.74) is 0. The van der Waals surface area contributed by atoms with Crippen LogP contribution in [0.2, 0.25) is 0 Å². The van der Waals surface area contributed by atoms with Gasteiger partial charge in [-0.15, -0.1) is 21.5 Å². The summed E-state index contributed by atoms with van der Waals surface area (Å²) in [6.45, 7) is 2.22. The molecule has 0 unspecified atom stereocenters. The second kappa shape index (κ2) is 9.65. The van der Waals surface area contributed by atoms with Gasteiger partial charge in [-0.05, 0) is 36.1 Å². The number of amides is 1. The summed E-state index contributed by atoms with van der Waals surface area (Å²) >= 11 is 1.49. The quantitative estimate of drug-likeness (QED) is 0.400. The monoisotopic (exact) mass is 401 g/mol. The average molecular weight is 401 g/mol. The highest BCUT2D eigenvalue weighted by Crippen LogP contribution is 2.23. The lowest BCUT2D eigenvalue weighted by molar-refractivity contribution is -0.148. The van der Waals surface area contributed by atoms with E-state index in [0.29, 0.717) is 24.1 Å². The normalized spacial score (nSPS) is 11.0. The number of nitrogens with zero attached hydrogens (tertiary/aromatic N) is 3. The first-order valence-electron chi connectivity index (χ1n) is 8.68. The Labute approximate surface area is 165 Å². The summed E-state index contributed by atoms with van der Waals surface area (Å²) in [7, 11) is 0. The molecule has 0 radical (unpaired) electrons. The van der Waals surface area contributed by atoms with Gasteiger partial charge in [0.05, 0.1) is 17.7 Å². The molecule has 0 spiro atoms. The van der Waals surface area contributed by atoms with E-state index in [-0.39, 0.29) is 19.1 Å². The van der Waals surface area contributed by atoms with Crippen molar-refractivity contribution in [3.8, 4) is 10.8 Å². The van der Waals surface area contributed by atoms with Crippen molar-refractivity contribution in [2.24, 2.45) is 0 Å². The Hall–Kier alpha value is -3.20. The number of esters is 1. The Balaban J connectivity index is 1.54. The van der Waals surface area contributed by atoms with Crippen LogP contribution in [-0.2, 0) is 20.9 Å². The van der Waals surface area contributed by atoms with E-state index in [1.165, 1.54) is 34.7 Å². The topological polar surface area (TPSA) is 98.7 Å². The van der Waals surface area contributed by atoms with Crippen molar-refractivity contribution in [2.45, 2.75) is 19.9 Å². The van der Waals surface area contributed by atoms with Crippen LogP contribution in [0.3, 0.4) is 0 Å². The van der Waals surface area contributed by atoms with Crippen molar-refractivity contribution < 1.29 is 23.2 Å². The molecule has 8 nitrogen and oxygen atoms in total. The molecule has 28 heavy (non-hydrogen) atoms. The van der Waals surface area contributed by atoms with Gasteiger partial charge < -0.3 is 18.5 Å². The van der Waals surface area contributed by atoms with E-state index in [9.17, 15) is 9.59 Å². The summed E-state index contributed by atoms with van der Waals surface area (Å²) in [5, 5.41) is 9.92. The summed E-state index contributed by atoms with van der Waals surface area (Å²) in [6, 6.07) is 7.18. The summed E-state index contributed by atoms with van der Waals surface area (Å²) in [6.07, 6.45) is 4.92. The molecule has 0 aliphatic carbocycles. The summed E-state index contributed by atoms with van der Waals surface area (Å²) in [4.78, 5) is 26.6. The molecule has 3 aromatic rings. The molecule has 0 saturated carbocycles. The largest absolute Gasteiger partial charge is 0.465 e. The molecule has 3 rings (SSSR count). The maximum Gasteiger partial charge on any atom is 0.331 e. The molecule has 0 saturated heterocycles. The lowest BCUT2D eigenvalue weighted by Gasteiger charge is -2.19. The molecule has 0 atom stereocenters. The number of ether oxygens (including phenoxy) is 1. The molecule has 3 heterocycles. The third kappa shape index (κ3) is 5.40. The van der Waals surface area contributed by atoms with Gasteiger partial charge in [0.2, 0.25) is 5.89 Å². The number of rotatable bonds is 9. The average Bonchev–Trinajstić information content (AvgIpc) is 3.46. The number of hydrogen-bond acceptors (Lipinski definition) is 8. The zero-order valence-corrected chi connectivity index (χ0v) is 16.1. The molecule has 146 valence electrons. The fraction of sp³-hybridized carbons (Fsp3) is 0.263. The van der Waals surface area contributed by atoms with Gasteiger partial charge in [-0.2, -0.15) is 0 Å². The Morgan fingerprint density at radius 3 is 2.89 bits per heavy atom. The maximum absolute atomic E-state index is 12.4. The molecule has 9 heteroatoms. The van der Waals surface area contributed by atoms with Crippen LogP contribution >= 0.6 is 11.3 Å². The summed E-state index contributed by atoms with van der Waals surface area (Å²) in [5.74, 6) is 0.308. The Kier molecular flexibility index (Phi) is 6.74. The Bertz CT molecular complexity index is 915. The van der Waals surface area contributed by atoms with Gasteiger partial charge in [0.25, 0.3) is 11.8 Å². The van der Waals surface area contributed by atoms with Crippen molar-refractivity contribution in [2.75, 3.05) is 13.2 Å². The van der Waals surface area contributed by atoms with Crippen LogP contribution in [0.5, 0.6) is 0 Å². The Morgan fingerprint density at radius 1 is 1.29 bits per heavy atom. The van der Waals surface area contributed by atoms with Crippen molar-refractivity contribution in [1.29, 1.82) is 0 Å². The predicted octanol–water partition coefficient (Wildman–Crippen LogP) is 3.39. The van der Waals surface area contributed by atoms with E-state index in [1.807, 2.05) is 24.4 Å². The van der Waals surface area contributed by atoms with Gasteiger partial charge in [0.15, 0.2) is 6.61 Å². The van der Waals surface area contributed by atoms with Gasteiger partial charge in [0, 0.05) is 12.6 Å². The van der Waals surface area contributed by atoms with Gasteiger partial charge in [-0.3, -0.25) is 4.79 Å². The highest BCUT2D eigenvalue weighted by atomic mass is 32.1. The predicted molar refractivity (Wildman–Crippen MR) is 102 cm³/mol. The molecule has 0 aliphatic heterocycles. The van der Waals surface area contributed by atoms with Gasteiger partial charge in [-0.25, -0.2) is 4.79 Å². The maximum atomic E-state index is 12.4. The van der Waals surface area contributed by atoms with Gasteiger partial charge in [0.1, 0.15) is 5.76 Å². The third-order valence-electron chi connectivity index (χ3n) is 3.64. The number of thiophene rings is 1. The number of carbonyl (C=O) groups excluding carboxylic acids is 2. The van der Waals surface area contributed by atoms with Crippen molar-refractivity contribution in [3.63, 3.8) is 0 Å². The van der Waals surface area contributed by atoms with E-state index < -0.39 is 5.97 Å². The van der Waals surface area contributed by atoms with Crippen molar-refractivity contribution >= 4 is 29.3 Å². The first kappa shape index (κ1) is 19.6. The van der Waals surface area contributed by atoms with Crippen LogP contribution in [0.4, 0.5) is 0 Å². The summed E-state index contributed by atoms with van der Waals surface area (Å²) < 4.78 is 15.7. The Morgan fingerprint density at radius 2 is 2.18 bits per heavy atom. The first-order valence-corrected chi connectivity index (χ1v) is 9.56. The minimum absolute atomic E-state index is 0.158. The molecule has 0 bridgehead atoms. The molecule has 3 aromatic heterocycles.